The van der Waals surface area contributed by atoms with Gasteiger partial charge in [0, 0.05) is 26.9 Å². The molecule has 2 heterocycles. The minimum absolute atomic E-state index is 0.881. The summed E-state index contributed by atoms with van der Waals surface area (Å²) in [4.78, 5) is 0. The third kappa shape index (κ3) is 3.52. The van der Waals surface area contributed by atoms with Crippen molar-refractivity contribution in [2.45, 2.75) is 0 Å². The zero-order chi connectivity index (χ0) is 31.3. The standard InChI is InChI=1S/C46H26O2/c1-2-10-29-25-30(18-17-27(29)9-1)42-32-11-3-5-13-34(32)43(35-14-6-4-12-33(35)42)31-19-22-37-41(26-31)48-40-24-21-28-20-23-39-45(44(28)46(37)40)36-15-7-8-16-38(36)47-39/h1-26H. The molecular formula is C46H26O2. The zero-order valence-corrected chi connectivity index (χ0v) is 25.8. The fourth-order valence-corrected chi connectivity index (χ4v) is 8.15. The van der Waals surface area contributed by atoms with Crippen molar-refractivity contribution in [1.82, 2.24) is 0 Å². The molecule has 2 heteroatoms. The van der Waals surface area contributed by atoms with E-state index < -0.39 is 0 Å². The second kappa shape index (κ2) is 9.57. The van der Waals surface area contributed by atoms with Gasteiger partial charge < -0.3 is 8.83 Å². The van der Waals surface area contributed by atoms with Gasteiger partial charge in [0.2, 0.25) is 0 Å². The lowest BCUT2D eigenvalue weighted by Gasteiger charge is -2.18. The van der Waals surface area contributed by atoms with Crippen LogP contribution in [0.1, 0.15) is 0 Å². The summed E-state index contributed by atoms with van der Waals surface area (Å²) in [6, 6.07) is 56.6. The van der Waals surface area contributed by atoms with E-state index in [0.717, 1.165) is 49.4 Å². The first-order chi connectivity index (χ1) is 23.8. The summed E-state index contributed by atoms with van der Waals surface area (Å²) in [5.41, 5.74) is 8.42. The minimum atomic E-state index is 0.881. The highest BCUT2D eigenvalue weighted by molar-refractivity contribution is 6.31. The highest BCUT2D eigenvalue weighted by Crippen LogP contribution is 2.46. The van der Waals surface area contributed by atoms with Crippen LogP contribution < -0.4 is 0 Å². The summed E-state index contributed by atoms with van der Waals surface area (Å²) in [5, 5.41) is 14.3. The molecule has 222 valence electrons. The van der Waals surface area contributed by atoms with E-state index in [0.29, 0.717) is 0 Å². The number of benzene rings is 9. The average Bonchev–Trinajstić information content (AvgIpc) is 3.71. The van der Waals surface area contributed by atoms with Crippen molar-refractivity contribution in [1.29, 1.82) is 0 Å². The van der Waals surface area contributed by atoms with Gasteiger partial charge in [0.25, 0.3) is 0 Å². The van der Waals surface area contributed by atoms with E-state index in [1.165, 1.54) is 59.8 Å². The van der Waals surface area contributed by atoms with Crippen molar-refractivity contribution in [3.63, 3.8) is 0 Å². The number of hydrogen-bond donors (Lipinski definition) is 0. The van der Waals surface area contributed by atoms with Crippen molar-refractivity contribution in [3.05, 3.63) is 158 Å². The quantitative estimate of drug-likeness (QED) is 0.182. The van der Waals surface area contributed by atoms with Crippen LogP contribution in [0.15, 0.2) is 167 Å². The Labute approximate surface area is 275 Å². The van der Waals surface area contributed by atoms with Crippen LogP contribution >= 0.6 is 0 Å². The largest absolute Gasteiger partial charge is 0.456 e. The Morgan fingerprint density at radius 2 is 0.750 bits per heavy atom. The first kappa shape index (κ1) is 25.8. The maximum Gasteiger partial charge on any atom is 0.136 e. The monoisotopic (exact) mass is 610 g/mol. The molecule has 0 saturated carbocycles. The van der Waals surface area contributed by atoms with Gasteiger partial charge >= 0.3 is 0 Å². The summed E-state index contributed by atoms with van der Waals surface area (Å²) in [6.45, 7) is 0. The molecule has 11 rings (SSSR count). The summed E-state index contributed by atoms with van der Waals surface area (Å²) >= 11 is 0. The Balaban J connectivity index is 1.20. The second-order valence-electron chi connectivity index (χ2n) is 12.8. The van der Waals surface area contributed by atoms with Gasteiger partial charge in [0.05, 0.1) is 0 Å². The van der Waals surface area contributed by atoms with Crippen molar-refractivity contribution in [2.24, 2.45) is 0 Å². The summed E-state index contributed by atoms with van der Waals surface area (Å²) in [5.74, 6) is 0. The lowest BCUT2D eigenvalue weighted by Crippen LogP contribution is -1.91. The SMILES string of the molecule is c1ccc2cc(-c3c4ccccc4c(-c4ccc5c(c4)oc4ccc6ccc7oc8ccccc8c7c6c45)c4ccccc34)ccc2c1. The van der Waals surface area contributed by atoms with Crippen molar-refractivity contribution in [2.75, 3.05) is 0 Å². The summed E-state index contributed by atoms with van der Waals surface area (Å²) < 4.78 is 13.0. The molecule has 0 spiro atoms. The van der Waals surface area contributed by atoms with E-state index >= 15 is 0 Å². The normalized spacial score (nSPS) is 12.2. The van der Waals surface area contributed by atoms with Crippen LogP contribution in [-0.4, -0.2) is 0 Å². The number of hydrogen-bond acceptors (Lipinski definition) is 2. The Morgan fingerprint density at radius 1 is 0.271 bits per heavy atom. The third-order valence-electron chi connectivity index (χ3n) is 10.2. The molecule has 48 heavy (non-hydrogen) atoms. The van der Waals surface area contributed by atoms with Gasteiger partial charge in [-0.15, -0.1) is 0 Å². The molecule has 0 amide bonds. The molecule has 0 unspecified atom stereocenters. The fraction of sp³-hybridized carbons (Fsp3) is 0. The lowest BCUT2D eigenvalue weighted by molar-refractivity contribution is 0.669. The Kier molecular flexibility index (Phi) is 5.14. The first-order valence-electron chi connectivity index (χ1n) is 16.4. The molecule has 0 fully saturated rings. The fourth-order valence-electron chi connectivity index (χ4n) is 8.15. The van der Waals surface area contributed by atoms with Crippen LogP contribution in [0.5, 0.6) is 0 Å². The predicted molar refractivity (Wildman–Crippen MR) is 202 cm³/mol. The smallest absolute Gasteiger partial charge is 0.136 e. The Morgan fingerprint density at radius 3 is 1.42 bits per heavy atom. The highest BCUT2D eigenvalue weighted by Gasteiger charge is 2.20. The van der Waals surface area contributed by atoms with Crippen LogP contribution in [0.4, 0.5) is 0 Å². The van der Waals surface area contributed by atoms with E-state index in [1.54, 1.807) is 0 Å². The molecule has 9 aromatic carbocycles. The highest BCUT2D eigenvalue weighted by atomic mass is 16.3. The molecule has 0 N–H and O–H groups in total. The van der Waals surface area contributed by atoms with Gasteiger partial charge in [-0.25, -0.2) is 0 Å². The van der Waals surface area contributed by atoms with Crippen molar-refractivity contribution in [3.8, 4) is 22.3 Å². The van der Waals surface area contributed by atoms with Crippen LogP contribution in [0.25, 0.3) is 109 Å². The molecular weight excluding hydrogens is 585 g/mol. The average molecular weight is 611 g/mol. The van der Waals surface area contributed by atoms with Crippen LogP contribution in [0.3, 0.4) is 0 Å². The van der Waals surface area contributed by atoms with Gasteiger partial charge in [0.1, 0.15) is 22.3 Å². The van der Waals surface area contributed by atoms with Gasteiger partial charge in [-0.1, -0.05) is 121 Å². The molecule has 0 radical (unpaired) electrons. The topological polar surface area (TPSA) is 26.3 Å². The number of rotatable bonds is 2. The maximum atomic E-state index is 6.69. The lowest BCUT2D eigenvalue weighted by atomic mass is 9.85. The predicted octanol–water partition coefficient (Wildman–Crippen LogP) is 13.4. The summed E-state index contributed by atoms with van der Waals surface area (Å²) in [6.07, 6.45) is 0. The van der Waals surface area contributed by atoms with Gasteiger partial charge in [-0.3, -0.25) is 0 Å². The zero-order valence-electron chi connectivity index (χ0n) is 25.8. The Bertz CT molecular complexity index is 3060. The molecule has 0 aliphatic heterocycles. The number of fused-ring (bicyclic) bond motifs is 12. The number of para-hydroxylation sites is 1. The van der Waals surface area contributed by atoms with Crippen molar-refractivity contribution >= 4 is 87.0 Å². The van der Waals surface area contributed by atoms with Crippen LogP contribution in [-0.2, 0) is 0 Å². The molecule has 0 aliphatic carbocycles. The second-order valence-corrected chi connectivity index (χ2v) is 12.8. The van der Waals surface area contributed by atoms with E-state index in [1.807, 2.05) is 12.1 Å². The molecule has 0 saturated heterocycles. The Hall–Kier alpha value is -6.38. The van der Waals surface area contributed by atoms with Crippen molar-refractivity contribution < 1.29 is 8.83 Å². The summed E-state index contributed by atoms with van der Waals surface area (Å²) in [7, 11) is 0. The molecule has 11 aromatic rings. The van der Waals surface area contributed by atoms with Crippen LogP contribution in [0, 0.1) is 0 Å². The van der Waals surface area contributed by atoms with E-state index in [9.17, 15) is 0 Å². The molecule has 0 atom stereocenters. The maximum absolute atomic E-state index is 6.69. The van der Waals surface area contributed by atoms with E-state index in [-0.39, 0.29) is 0 Å². The van der Waals surface area contributed by atoms with Crippen LogP contribution in [0.2, 0.25) is 0 Å². The molecule has 0 bridgehead atoms. The van der Waals surface area contributed by atoms with Gasteiger partial charge in [-0.05, 0) is 96.4 Å². The molecule has 0 aliphatic rings. The third-order valence-corrected chi connectivity index (χ3v) is 10.2. The van der Waals surface area contributed by atoms with E-state index in [2.05, 4.69) is 146 Å². The van der Waals surface area contributed by atoms with E-state index in [4.69, 9.17) is 8.83 Å². The molecule has 2 aromatic heterocycles. The number of furan rings is 2. The van der Waals surface area contributed by atoms with Gasteiger partial charge in [-0.2, -0.15) is 0 Å². The first-order valence-corrected chi connectivity index (χ1v) is 16.4. The minimum Gasteiger partial charge on any atom is -0.456 e. The molecule has 2 nitrogen and oxygen atoms in total. The van der Waals surface area contributed by atoms with Gasteiger partial charge in [0.15, 0.2) is 0 Å².